The fourth-order valence-corrected chi connectivity index (χ4v) is 2.24. The molecule has 0 saturated carbocycles. The van der Waals surface area contributed by atoms with E-state index in [1.807, 2.05) is 19.1 Å². The van der Waals surface area contributed by atoms with E-state index >= 15 is 0 Å². The van der Waals surface area contributed by atoms with Gasteiger partial charge in [-0.25, -0.2) is 0 Å². The number of nitrogens with two attached hydrogens (primary N) is 1. The third kappa shape index (κ3) is 2.63. The molecular weight excluding hydrogens is 268 g/mol. The quantitative estimate of drug-likeness (QED) is 0.850. The number of nitrogens with one attached hydrogen (secondary N) is 1. The van der Waals surface area contributed by atoms with Gasteiger partial charge in [-0.2, -0.15) is 0 Å². The van der Waals surface area contributed by atoms with Crippen LogP contribution in [0.15, 0.2) is 36.4 Å². The SMILES string of the molecule is CCc1ccc(NC(=O)c2ccc3c(c2)OCO3)cc1N. The van der Waals surface area contributed by atoms with Crippen LogP contribution in [0, 0.1) is 0 Å². The fourth-order valence-electron chi connectivity index (χ4n) is 2.24. The lowest BCUT2D eigenvalue weighted by atomic mass is 10.1. The van der Waals surface area contributed by atoms with E-state index in [0.717, 1.165) is 12.0 Å². The number of anilines is 2. The van der Waals surface area contributed by atoms with Gasteiger partial charge in [0.25, 0.3) is 5.91 Å². The molecule has 21 heavy (non-hydrogen) atoms. The first kappa shape index (κ1) is 13.3. The first-order chi connectivity index (χ1) is 10.2. The Morgan fingerprint density at radius 3 is 2.76 bits per heavy atom. The van der Waals surface area contributed by atoms with Crippen molar-refractivity contribution < 1.29 is 14.3 Å². The Labute approximate surface area is 122 Å². The van der Waals surface area contributed by atoms with E-state index in [1.165, 1.54) is 0 Å². The Bertz CT molecular complexity index is 698. The largest absolute Gasteiger partial charge is 0.454 e. The van der Waals surface area contributed by atoms with Crippen molar-refractivity contribution in [3.05, 3.63) is 47.5 Å². The van der Waals surface area contributed by atoms with Gasteiger partial charge in [-0.15, -0.1) is 0 Å². The third-order valence-corrected chi connectivity index (χ3v) is 3.42. The van der Waals surface area contributed by atoms with Crippen LogP contribution in [0.4, 0.5) is 11.4 Å². The molecule has 5 heteroatoms. The molecule has 0 atom stereocenters. The fraction of sp³-hybridized carbons (Fsp3) is 0.188. The van der Waals surface area contributed by atoms with Crippen LogP contribution in [0.2, 0.25) is 0 Å². The summed E-state index contributed by atoms with van der Waals surface area (Å²) in [6.45, 7) is 2.23. The van der Waals surface area contributed by atoms with Gasteiger partial charge >= 0.3 is 0 Å². The Kier molecular flexibility index (Phi) is 3.39. The van der Waals surface area contributed by atoms with Crippen molar-refractivity contribution >= 4 is 17.3 Å². The van der Waals surface area contributed by atoms with Crippen molar-refractivity contribution in [2.24, 2.45) is 0 Å². The predicted octanol–water partition coefficient (Wildman–Crippen LogP) is 2.81. The number of aryl methyl sites for hydroxylation is 1. The summed E-state index contributed by atoms with van der Waals surface area (Å²) in [7, 11) is 0. The maximum atomic E-state index is 12.2. The Morgan fingerprint density at radius 2 is 2.00 bits per heavy atom. The number of carbonyl (C=O) groups is 1. The molecule has 0 saturated heterocycles. The van der Waals surface area contributed by atoms with E-state index < -0.39 is 0 Å². The first-order valence-corrected chi connectivity index (χ1v) is 6.77. The summed E-state index contributed by atoms with van der Waals surface area (Å²) in [4.78, 5) is 12.2. The zero-order valence-electron chi connectivity index (χ0n) is 11.7. The molecule has 1 amide bonds. The second kappa shape index (κ2) is 5.36. The zero-order chi connectivity index (χ0) is 14.8. The Hall–Kier alpha value is -2.69. The molecule has 1 aliphatic rings. The highest BCUT2D eigenvalue weighted by Crippen LogP contribution is 2.32. The highest BCUT2D eigenvalue weighted by molar-refractivity contribution is 6.04. The summed E-state index contributed by atoms with van der Waals surface area (Å²) in [5.74, 6) is 1.03. The van der Waals surface area contributed by atoms with Crippen molar-refractivity contribution in [3.63, 3.8) is 0 Å². The van der Waals surface area contributed by atoms with Crippen LogP contribution in [-0.4, -0.2) is 12.7 Å². The highest BCUT2D eigenvalue weighted by Gasteiger charge is 2.16. The number of ether oxygens (including phenoxy) is 2. The molecule has 0 aromatic heterocycles. The van der Waals surface area contributed by atoms with Gasteiger partial charge in [0.1, 0.15) is 0 Å². The zero-order valence-corrected chi connectivity index (χ0v) is 11.7. The minimum Gasteiger partial charge on any atom is -0.454 e. The van der Waals surface area contributed by atoms with Crippen molar-refractivity contribution in [2.45, 2.75) is 13.3 Å². The first-order valence-electron chi connectivity index (χ1n) is 6.77. The van der Waals surface area contributed by atoms with Crippen molar-refractivity contribution in [1.29, 1.82) is 0 Å². The number of hydrogen-bond acceptors (Lipinski definition) is 4. The topological polar surface area (TPSA) is 73.6 Å². The van der Waals surface area contributed by atoms with Crippen LogP contribution in [-0.2, 0) is 6.42 Å². The molecule has 1 aliphatic heterocycles. The maximum Gasteiger partial charge on any atom is 0.255 e. The van der Waals surface area contributed by atoms with E-state index in [2.05, 4.69) is 5.32 Å². The Balaban J connectivity index is 1.78. The summed E-state index contributed by atoms with van der Waals surface area (Å²) in [6.07, 6.45) is 0.863. The van der Waals surface area contributed by atoms with E-state index in [0.29, 0.717) is 28.4 Å². The molecule has 0 spiro atoms. The average molecular weight is 284 g/mol. The molecule has 3 N–H and O–H groups in total. The lowest BCUT2D eigenvalue weighted by molar-refractivity contribution is 0.102. The standard InChI is InChI=1S/C16H16N2O3/c1-2-10-3-5-12(8-13(10)17)18-16(19)11-4-6-14-15(7-11)21-9-20-14/h3-8H,2,9,17H2,1H3,(H,18,19). The predicted molar refractivity (Wildman–Crippen MR) is 80.8 cm³/mol. The number of fused-ring (bicyclic) bond motifs is 1. The molecule has 108 valence electrons. The van der Waals surface area contributed by atoms with Gasteiger partial charge in [-0.05, 0) is 42.3 Å². The minimum atomic E-state index is -0.211. The van der Waals surface area contributed by atoms with Gasteiger partial charge in [0.15, 0.2) is 11.5 Å². The molecule has 1 heterocycles. The summed E-state index contributed by atoms with van der Waals surface area (Å²) < 4.78 is 10.5. The summed E-state index contributed by atoms with van der Waals surface area (Å²) in [5.41, 5.74) is 8.86. The van der Waals surface area contributed by atoms with Crippen molar-refractivity contribution in [3.8, 4) is 11.5 Å². The molecule has 2 aromatic rings. The third-order valence-electron chi connectivity index (χ3n) is 3.42. The molecule has 5 nitrogen and oxygen atoms in total. The number of amides is 1. The number of carbonyl (C=O) groups excluding carboxylic acids is 1. The number of hydrogen-bond donors (Lipinski definition) is 2. The van der Waals surface area contributed by atoms with E-state index in [-0.39, 0.29) is 12.7 Å². The molecule has 0 fully saturated rings. The van der Waals surface area contributed by atoms with E-state index in [1.54, 1.807) is 24.3 Å². The Morgan fingerprint density at radius 1 is 1.19 bits per heavy atom. The van der Waals surface area contributed by atoms with Gasteiger partial charge in [0.2, 0.25) is 6.79 Å². The normalized spacial score (nSPS) is 12.2. The van der Waals surface area contributed by atoms with Crippen LogP contribution < -0.4 is 20.5 Å². The van der Waals surface area contributed by atoms with Crippen molar-refractivity contribution in [2.75, 3.05) is 17.8 Å². The summed E-state index contributed by atoms with van der Waals surface area (Å²) in [5, 5.41) is 2.83. The molecule has 0 unspecified atom stereocenters. The van der Waals surface area contributed by atoms with Crippen LogP contribution in [0.1, 0.15) is 22.8 Å². The molecular formula is C16H16N2O3. The van der Waals surface area contributed by atoms with Crippen molar-refractivity contribution in [1.82, 2.24) is 0 Å². The average Bonchev–Trinajstić information content (AvgIpc) is 2.94. The molecule has 2 aromatic carbocycles. The molecule has 0 radical (unpaired) electrons. The minimum absolute atomic E-state index is 0.190. The summed E-state index contributed by atoms with van der Waals surface area (Å²) >= 11 is 0. The maximum absolute atomic E-state index is 12.2. The van der Waals surface area contributed by atoms with Gasteiger partial charge in [0.05, 0.1) is 0 Å². The number of rotatable bonds is 3. The number of benzene rings is 2. The lowest BCUT2D eigenvalue weighted by Gasteiger charge is -2.09. The van der Waals surface area contributed by atoms with E-state index in [4.69, 9.17) is 15.2 Å². The van der Waals surface area contributed by atoms with Gasteiger partial charge < -0.3 is 20.5 Å². The van der Waals surface area contributed by atoms with Crippen LogP contribution in [0.5, 0.6) is 11.5 Å². The van der Waals surface area contributed by atoms with E-state index in [9.17, 15) is 4.79 Å². The second-order valence-electron chi connectivity index (χ2n) is 4.79. The van der Waals surface area contributed by atoms with Crippen LogP contribution >= 0.6 is 0 Å². The van der Waals surface area contributed by atoms with Crippen LogP contribution in [0.3, 0.4) is 0 Å². The molecule has 0 aliphatic carbocycles. The lowest BCUT2D eigenvalue weighted by Crippen LogP contribution is -2.12. The monoisotopic (exact) mass is 284 g/mol. The van der Waals surface area contributed by atoms with Gasteiger partial charge in [-0.1, -0.05) is 13.0 Å². The highest BCUT2D eigenvalue weighted by atomic mass is 16.7. The second-order valence-corrected chi connectivity index (χ2v) is 4.79. The smallest absolute Gasteiger partial charge is 0.255 e. The van der Waals surface area contributed by atoms with Crippen LogP contribution in [0.25, 0.3) is 0 Å². The van der Waals surface area contributed by atoms with Gasteiger partial charge in [-0.3, -0.25) is 4.79 Å². The molecule has 0 bridgehead atoms. The van der Waals surface area contributed by atoms with Gasteiger partial charge in [0, 0.05) is 16.9 Å². The number of nitrogen functional groups attached to an aromatic ring is 1. The molecule has 3 rings (SSSR count). The summed E-state index contributed by atoms with van der Waals surface area (Å²) in [6, 6.07) is 10.6.